The number of nitrogens with two attached hydrogens (primary N) is 2. The van der Waals surface area contributed by atoms with Crippen LogP contribution in [0.5, 0.6) is 0 Å². The number of pyridine rings is 1. The van der Waals surface area contributed by atoms with Crippen molar-refractivity contribution in [3.8, 4) is 11.1 Å². The maximum absolute atomic E-state index is 13.6. The molecule has 338 valence electrons. The predicted molar refractivity (Wildman–Crippen MR) is 233 cm³/mol. The number of nitrogens with one attached hydrogen (secondary N) is 5. The van der Waals surface area contributed by atoms with Gasteiger partial charge in [0.1, 0.15) is 18.1 Å². The highest BCUT2D eigenvalue weighted by Crippen LogP contribution is 2.65. The molecule has 1 aromatic heterocycles. The Kier molecular flexibility index (Phi) is 17.8. The molecule has 19 heteroatoms. The van der Waals surface area contributed by atoms with Crippen LogP contribution >= 0.6 is 0 Å². The van der Waals surface area contributed by atoms with Gasteiger partial charge in [0.15, 0.2) is 5.03 Å². The van der Waals surface area contributed by atoms with E-state index >= 15 is 0 Å². The number of unbranched alkanes of at least 4 members (excludes halogenated alkanes) is 2. The van der Waals surface area contributed by atoms with E-state index in [-0.39, 0.29) is 23.0 Å². The minimum Gasteiger partial charge on any atom is -0.404 e. The summed E-state index contributed by atoms with van der Waals surface area (Å²) in [5.74, 6) is -2.54. The van der Waals surface area contributed by atoms with Crippen LogP contribution in [0, 0.1) is 17.3 Å². The molecule has 4 aliphatic rings. The van der Waals surface area contributed by atoms with Crippen molar-refractivity contribution < 1.29 is 42.0 Å². The van der Waals surface area contributed by atoms with Crippen LogP contribution in [0.25, 0.3) is 11.1 Å². The molecule has 4 fully saturated rings. The number of aliphatic hydroxyl groups excluding tert-OH is 1. The molecule has 2 bridgehead atoms. The van der Waals surface area contributed by atoms with Crippen LogP contribution in [0.15, 0.2) is 53.7 Å². The summed E-state index contributed by atoms with van der Waals surface area (Å²) in [7, 11) is -4.86. The zero-order valence-electron chi connectivity index (χ0n) is 36.6. The minimum atomic E-state index is -4.20. The number of aliphatic hydroxyl groups is 1. The smallest absolute Gasteiger partial charge is 0.404 e. The maximum Gasteiger partial charge on any atom is 0.481 e. The molecule has 6 unspecified atom stereocenters. The standard InChI is InChI=1S/C38H56BN7O9S.C4H11N/c1-22(43-36(51)33(23(2)47)46-31(48)21-42-56(52,53)32-16-15-26(20-41-32)25-12-8-7-9-13-25)34(49)45-28(14-10-11-17-40)35(50)44-24(3)39-54-30-19-27-18-29(37(27,4)5)38(30,6)55-39;1-2-3-4-5/h7-9,12-13,15-16,20,22-24,27-30,33,42,47H,10-11,14,17-19,21,40H2,1-6H3,(H,43,51)(H,44,50)(H,45,49)(H,46,48);2-5H2,1H3/t22-,23?,24-,27?,28?,29?,30?,33?,38-;/m0./s1. The molecule has 0 radical (unpaired) electrons. The van der Waals surface area contributed by atoms with Crippen molar-refractivity contribution in [1.29, 1.82) is 0 Å². The van der Waals surface area contributed by atoms with Crippen LogP contribution in [-0.2, 0) is 38.5 Å². The number of sulfonamides is 1. The number of hydrogen-bond donors (Lipinski definition) is 8. The summed E-state index contributed by atoms with van der Waals surface area (Å²) in [4.78, 5) is 56.9. The molecule has 2 aromatic rings. The van der Waals surface area contributed by atoms with Gasteiger partial charge in [-0.2, -0.15) is 0 Å². The molecule has 61 heavy (non-hydrogen) atoms. The molecule has 4 amide bonds. The van der Waals surface area contributed by atoms with E-state index in [9.17, 15) is 32.7 Å². The van der Waals surface area contributed by atoms with Crippen molar-refractivity contribution >= 4 is 40.8 Å². The second-order valence-corrected chi connectivity index (χ2v) is 18.9. The average Bonchev–Trinajstić information content (AvgIpc) is 3.60. The van der Waals surface area contributed by atoms with Crippen LogP contribution < -0.4 is 37.5 Å². The monoisotopic (exact) mass is 870 g/mol. The van der Waals surface area contributed by atoms with Gasteiger partial charge in [0.2, 0.25) is 23.6 Å². The van der Waals surface area contributed by atoms with Crippen molar-refractivity contribution in [3.63, 3.8) is 0 Å². The lowest BCUT2D eigenvalue weighted by Crippen LogP contribution is -2.65. The highest BCUT2D eigenvalue weighted by atomic mass is 32.2. The van der Waals surface area contributed by atoms with Gasteiger partial charge in [-0.3, -0.25) is 19.2 Å². The van der Waals surface area contributed by atoms with E-state index < -0.39 is 83.1 Å². The first-order chi connectivity index (χ1) is 28.8. The Morgan fingerprint density at radius 1 is 0.885 bits per heavy atom. The Hall–Kier alpha value is -3.98. The van der Waals surface area contributed by atoms with E-state index in [1.165, 1.54) is 39.0 Å². The number of hydrogen-bond acceptors (Lipinski definition) is 12. The van der Waals surface area contributed by atoms with E-state index in [1.54, 1.807) is 13.0 Å². The number of carbonyl (C=O) groups excluding carboxylic acids is 4. The highest BCUT2D eigenvalue weighted by Gasteiger charge is 2.68. The van der Waals surface area contributed by atoms with Crippen LogP contribution in [0.2, 0.25) is 0 Å². The molecule has 6 rings (SSSR count). The van der Waals surface area contributed by atoms with Gasteiger partial charge < -0.3 is 47.1 Å². The highest BCUT2D eigenvalue weighted by molar-refractivity contribution is 7.89. The van der Waals surface area contributed by atoms with E-state index in [1.807, 2.05) is 30.3 Å². The van der Waals surface area contributed by atoms with E-state index in [0.29, 0.717) is 36.8 Å². The van der Waals surface area contributed by atoms with Crippen molar-refractivity contribution in [2.24, 2.45) is 28.7 Å². The zero-order valence-corrected chi connectivity index (χ0v) is 37.4. The number of amides is 4. The minimum absolute atomic E-state index is 0.0616. The number of carbonyl (C=O) groups is 4. The van der Waals surface area contributed by atoms with E-state index in [4.69, 9.17) is 20.8 Å². The molecule has 10 N–H and O–H groups in total. The molecular formula is C42H67BN8O9S. The van der Waals surface area contributed by atoms with Gasteiger partial charge in [-0.1, -0.05) is 57.5 Å². The second kappa shape index (κ2) is 21.9. The molecule has 3 saturated carbocycles. The molecule has 3 aliphatic carbocycles. The molecule has 1 saturated heterocycles. The average molecular weight is 871 g/mol. The lowest BCUT2D eigenvalue weighted by molar-refractivity contribution is -0.199. The molecular weight excluding hydrogens is 803 g/mol. The van der Waals surface area contributed by atoms with E-state index in [0.717, 1.165) is 24.9 Å². The number of rotatable bonds is 20. The number of aromatic nitrogens is 1. The summed E-state index contributed by atoms with van der Waals surface area (Å²) in [5.41, 5.74) is 12.1. The summed E-state index contributed by atoms with van der Waals surface area (Å²) < 4.78 is 40.6. The van der Waals surface area contributed by atoms with Crippen molar-refractivity contribution in [1.82, 2.24) is 31.0 Å². The Balaban J connectivity index is 0.00000155. The predicted octanol–water partition coefficient (Wildman–Crippen LogP) is 1.53. The molecule has 9 atom stereocenters. The zero-order chi connectivity index (χ0) is 45.1. The summed E-state index contributed by atoms with van der Waals surface area (Å²) >= 11 is 0. The fraction of sp³-hybridized carbons (Fsp3) is 0.643. The molecule has 1 aromatic carbocycles. The number of benzene rings is 1. The maximum atomic E-state index is 13.6. The third-order valence-corrected chi connectivity index (χ3v) is 13.6. The van der Waals surface area contributed by atoms with Crippen LogP contribution in [0.1, 0.15) is 93.4 Å². The van der Waals surface area contributed by atoms with Crippen LogP contribution in [-0.4, -0.2) is 111 Å². The first kappa shape index (κ1) is 49.7. The summed E-state index contributed by atoms with van der Waals surface area (Å²) in [6, 6.07) is 8.45. The molecule has 0 spiro atoms. The fourth-order valence-electron chi connectivity index (χ4n) is 8.34. The van der Waals surface area contributed by atoms with Gasteiger partial charge in [0.05, 0.1) is 30.3 Å². The van der Waals surface area contributed by atoms with Gasteiger partial charge in [0.25, 0.3) is 10.0 Å². The van der Waals surface area contributed by atoms with Crippen LogP contribution in [0.3, 0.4) is 0 Å². The molecule has 2 heterocycles. The first-order valence-electron chi connectivity index (χ1n) is 21.4. The SMILES string of the molecule is CC(O)C(NC(=O)CNS(=O)(=O)c1ccc(-c2ccccc2)cn1)C(=O)N[C@@H](C)C(=O)NC(CCCCN)C(=O)N[C@@H](C)B1OC2CC3CC(C3(C)C)[C@]2(C)O1.CCCCN. The Morgan fingerprint density at radius 2 is 1.57 bits per heavy atom. The second-order valence-electron chi connectivity index (χ2n) is 17.2. The fourth-order valence-corrected chi connectivity index (χ4v) is 9.25. The first-order valence-corrected chi connectivity index (χ1v) is 22.9. The van der Waals surface area contributed by atoms with Gasteiger partial charge in [0, 0.05) is 11.8 Å². The Labute approximate surface area is 361 Å². The van der Waals surface area contributed by atoms with Crippen molar-refractivity contribution in [2.45, 2.75) is 140 Å². The van der Waals surface area contributed by atoms with Gasteiger partial charge in [-0.05, 0) is 114 Å². The van der Waals surface area contributed by atoms with Crippen molar-refractivity contribution in [2.75, 3.05) is 19.6 Å². The summed E-state index contributed by atoms with van der Waals surface area (Å²) in [5, 5.41) is 20.5. The number of nitrogens with zero attached hydrogens (tertiary/aromatic N) is 1. The molecule has 1 aliphatic heterocycles. The van der Waals surface area contributed by atoms with Gasteiger partial charge in [-0.25, -0.2) is 18.1 Å². The van der Waals surface area contributed by atoms with Gasteiger partial charge >= 0.3 is 7.12 Å². The quantitative estimate of drug-likeness (QED) is 0.0696. The normalized spacial score (nSPS) is 23.6. The lowest BCUT2D eigenvalue weighted by Gasteiger charge is -2.64. The third kappa shape index (κ3) is 12.6. The Bertz CT molecular complexity index is 1890. The topological polar surface area (TPSA) is 266 Å². The summed E-state index contributed by atoms with van der Waals surface area (Å²) in [6.07, 6.45) is 5.75. The Morgan fingerprint density at radius 3 is 2.15 bits per heavy atom. The van der Waals surface area contributed by atoms with E-state index in [2.05, 4.69) is 58.7 Å². The largest absolute Gasteiger partial charge is 0.481 e. The molecule has 17 nitrogen and oxygen atoms in total. The summed E-state index contributed by atoms with van der Waals surface area (Å²) in [6.45, 7) is 13.7. The lowest BCUT2D eigenvalue weighted by atomic mass is 9.43. The van der Waals surface area contributed by atoms with Gasteiger partial charge in [-0.15, -0.1) is 0 Å². The van der Waals surface area contributed by atoms with Crippen LogP contribution in [0.4, 0.5) is 0 Å². The van der Waals surface area contributed by atoms with Crippen molar-refractivity contribution in [3.05, 3.63) is 48.7 Å². The third-order valence-electron chi connectivity index (χ3n) is 12.3.